The number of rotatable bonds is 2. The summed E-state index contributed by atoms with van der Waals surface area (Å²) in [4.78, 5) is 2.42. The monoisotopic (exact) mass is 316 g/mol. The van der Waals surface area contributed by atoms with Crippen molar-refractivity contribution in [1.82, 2.24) is 5.32 Å². The molecule has 1 aliphatic rings. The van der Waals surface area contributed by atoms with Gasteiger partial charge in [0.15, 0.2) is 0 Å². The summed E-state index contributed by atoms with van der Waals surface area (Å²) in [5.74, 6) is 0.661. The van der Waals surface area contributed by atoms with E-state index in [2.05, 4.69) is 52.1 Å². The van der Waals surface area contributed by atoms with Crippen LogP contribution in [-0.2, 0) is 0 Å². The molecule has 2 nitrogen and oxygen atoms in total. The highest BCUT2D eigenvalue weighted by molar-refractivity contribution is 9.10. The van der Waals surface area contributed by atoms with Crippen molar-refractivity contribution in [2.45, 2.75) is 19.9 Å². The van der Waals surface area contributed by atoms with E-state index < -0.39 is 0 Å². The highest BCUT2D eigenvalue weighted by Gasteiger charge is 2.22. The SMILES string of the molecule is CC(C)C1CN(c2ccc(Cl)c(Br)c2)CCN1. The van der Waals surface area contributed by atoms with E-state index in [1.807, 2.05) is 6.07 Å². The lowest BCUT2D eigenvalue weighted by Gasteiger charge is -2.37. The van der Waals surface area contributed by atoms with Gasteiger partial charge in [-0.2, -0.15) is 0 Å². The molecule has 2 rings (SSSR count). The molecule has 1 N–H and O–H groups in total. The number of piperazine rings is 1. The molecular weight excluding hydrogens is 300 g/mol. The zero-order valence-electron chi connectivity index (χ0n) is 10.2. The molecule has 0 radical (unpaired) electrons. The fourth-order valence-corrected chi connectivity index (χ4v) is 2.63. The molecule has 1 aromatic carbocycles. The van der Waals surface area contributed by atoms with Gasteiger partial charge in [-0.1, -0.05) is 25.4 Å². The molecular formula is C13H18BrClN2. The molecule has 0 aliphatic carbocycles. The molecule has 1 atom stereocenters. The maximum Gasteiger partial charge on any atom is 0.0549 e. The fourth-order valence-electron chi connectivity index (χ4n) is 2.14. The first-order valence-electron chi connectivity index (χ1n) is 6.01. The van der Waals surface area contributed by atoms with Crippen LogP contribution >= 0.6 is 27.5 Å². The molecule has 0 aromatic heterocycles. The van der Waals surface area contributed by atoms with Crippen LogP contribution in [0.3, 0.4) is 0 Å². The van der Waals surface area contributed by atoms with E-state index in [1.54, 1.807) is 0 Å². The molecule has 17 heavy (non-hydrogen) atoms. The standard InChI is InChI=1S/C13H18BrClN2/c1-9(2)13-8-17(6-5-16-13)10-3-4-12(15)11(14)7-10/h3-4,7,9,13,16H,5-6,8H2,1-2H3. The van der Waals surface area contributed by atoms with Crippen LogP contribution in [0.1, 0.15) is 13.8 Å². The van der Waals surface area contributed by atoms with E-state index in [9.17, 15) is 0 Å². The van der Waals surface area contributed by atoms with E-state index in [0.717, 1.165) is 29.1 Å². The normalized spacial score (nSPS) is 21.0. The van der Waals surface area contributed by atoms with Crippen molar-refractivity contribution in [1.29, 1.82) is 0 Å². The van der Waals surface area contributed by atoms with Crippen molar-refractivity contribution in [3.63, 3.8) is 0 Å². The predicted octanol–water partition coefficient (Wildman–Crippen LogP) is 3.54. The van der Waals surface area contributed by atoms with Gasteiger partial charge in [0, 0.05) is 35.8 Å². The smallest absolute Gasteiger partial charge is 0.0549 e. The number of hydrogen-bond donors (Lipinski definition) is 1. The van der Waals surface area contributed by atoms with Gasteiger partial charge in [0.25, 0.3) is 0 Å². The van der Waals surface area contributed by atoms with Gasteiger partial charge >= 0.3 is 0 Å². The third-order valence-electron chi connectivity index (χ3n) is 3.28. The minimum Gasteiger partial charge on any atom is -0.369 e. The van der Waals surface area contributed by atoms with Gasteiger partial charge < -0.3 is 10.2 Å². The minimum absolute atomic E-state index is 0.568. The fraction of sp³-hybridized carbons (Fsp3) is 0.538. The molecule has 1 aliphatic heterocycles. The topological polar surface area (TPSA) is 15.3 Å². The number of anilines is 1. The average Bonchev–Trinajstić information content (AvgIpc) is 2.33. The van der Waals surface area contributed by atoms with Crippen molar-refractivity contribution >= 4 is 33.2 Å². The highest BCUT2D eigenvalue weighted by atomic mass is 79.9. The summed E-state index contributed by atoms with van der Waals surface area (Å²) in [6, 6.07) is 6.71. The number of hydrogen-bond acceptors (Lipinski definition) is 2. The molecule has 0 spiro atoms. The van der Waals surface area contributed by atoms with Crippen LogP contribution in [0.4, 0.5) is 5.69 Å². The molecule has 1 heterocycles. The molecule has 0 saturated carbocycles. The maximum atomic E-state index is 6.02. The Bertz CT molecular complexity index is 395. The molecule has 4 heteroatoms. The second-order valence-corrected chi connectivity index (χ2v) is 6.11. The van der Waals surface area contributed by atoms with Crippen LogP contribution in [0.5, 0.6) is 0 Å². The lowest BCUT2D eigenvalue weighted by atomic mass is 10.0. The van der Waals surface area contributed by atoms with E-state index in [4.69, 9.17) is 11.6 Å². The Balaban J connectivity index is 2.13. The van der Waals surface area contributed by atoms with Crippen LogP contribution < -0.4 is 10.2 Å². The summed E-state index contributed by atoms with van der Waals surface area (Å²) >= 11 is 9.50. The third-order valence-corrected chi connectivity index (χ3v) is 4.49. The Kier molecular flexibility index (Phi) is 4.34. The molecule has 0 bridgehead atoms. The Morgan fingerprint density at radius 3 is 2.88 bits per heavy atom. The zero-order chi connectivity index (χ0) is 12.4. The largest absolute Gasteiger partial charge is 0.369 e. The molecule has 1 unspecified atom stereocenters. The third kappa shape index (κ3) is 3.15. The lowest BCUT2D eigenvalue weighted by Crippen LogP contribution is -2.52. The Labute approximate surface area is 116 Å². The van der Waals surface area contributed by atoms with E-state index in [0.29, 0.717) is 12.0 Å². The molecule has 94 valence electrons. The van der Waals surface area contributed by atoms with E-state index in [1.165, 1.54) is 5.69 Å². The van der Waals surface area contributed by atoms with Crippen LogP contribution in [0.2, 0.25) is 5.02 Å². The summed E-state index contributed by atoms with van der Waals surface area (Å²) in [6.07, 6.45) is 0. The molecule has 1 aromatic rings. The second-order valence-electron chi connectivity index (χ2n) is 4.85. The number of nitrogens with zero attached hydrogens (tertiary/aromatic N) is 1. The quantitative estimate of drug-likeness (QED) is 0.897. The second kappa shape index (κ2) is 5.59. The van der Waals surface area contributed by atoms with Crippen molar-refractivity contribution in [3.8, 4) is 0 Å². The van der Waals surface area contributed by atoms with Gasteiger partial charge in [-0.15, -0.1) is 0 Å². The van der Waals surface area contributed by atoms with E-state index in [-0.39, 0.29) is 0 Å². The number of nitrogens with one attached hydrogen (secondary N) is 1. The van der Waals surface area contributed by atoms with Gasteiger partial charge in [0.05, 0.1) is 5.02 Å². The summed E-state index contributed by atoms with van der Waals surface area (Å²) in [6.45, 7) is 7.68. The Morgan fingerprint density at radius 2 is 2.24 bits per heavy atom. The number of benzene rings is 1. The Morgan fingerprint density at radius 1 is 1.47 bits per heavy atom. The minimum atomic E-state index is 0.568. The molecule has 1 fully saturated rings. The maximum absolute atomic E-state index is 6.02. The number of halogens is 2. The summed E-state index contributed by atoms with van der Waals surface area (Å²) in [5, 5.41) is 4.33. The van der Waals surface area contributed by atoms with Crippen LogP contribution in [-0.4, -0.2) is 25.7 Å². The van der Waals surface area contributed by atoms with Gasteiger partial charge in [-0.05, 0) is 40.0 Å². The zero-order valence-corrected chi connectivity index (χ0v) is 12.6. The highest BCUT2D eigenvalue weighted by Crippen LogP contribution is 2.28. The van der Waals surface area contributed by atoms with Gasteiger partial charge in [-0.3, -0.25) is 0 Å². The average molecular weight is 318 g/mol. The predicted molar refractivity (Wildman–Crippen MR) is 78.0 cm³/mol. The van der Waals surface area contributed by atoms with Crippen molar-refractivity contribution in [2.75, 3.05) is 24.5 Å². The lowest BCUT2D eigenvalue weighted by molar-refractivity contribution is 0.368. The van der Waals surface area contributed by atoms with Crippen LogP contribution in [0.25, 0.3) is 0 Å². The van der Waals surface area contributed by atoms with Gasteiger partial charge in [0.1, 0.15) is 0 Å². The van der Waals surface area contributed by atoms with Crippen LogP contribution in [0, 0.1) is 5.92 Å². The van der Waals surface area contributed by atoms with Gasteiger partial charge in [-0.25, -0.2) is 0 Å². The Hall–Kier alpha value is -0.250. The summed E-state index contributed by atoms with van der Waals surface area (Å²) in [5.41, 5.74) is 1.24. The first-order chi connectivity index (χ1) is 8.08. The van der Waals surface area contributed by atoms with Crippen LogP contribution in [0.15, 0.2) is 22.7 Å². The van der Waals surface area contributed by atoms with Crippen molar-refractivity contribution < 1.29 is 0 Å². The first kappa shape index (κ1) is 13.2. The molecule has 1 saturated heterocycles. The van der Waals surface area contributed by atoms with Crippen molar-refractivity contribution in [2.24, 2.45) is 5.92 Å². The van der Waals surface area contributed by atoms with Crippen molar-refractivity contribution in [3.05, 3.63) is 27.7 Å². The van der Waals surface area contributed by atoms with Gasteiger partial charge in [0.2, 0.25) is 0 Å². The van der Waals surface area contributed by atoms with E-state index >= 15 is 0 Å². The summed E-state index contributed by atoms with van der Waals surface area (Å²) in [7, 11) is 0. The molecule has 0 amide bonds. The summed E-state index contributed by atoms with van der Waals surface area (Å²) < 4.78 is 0.969. The first-order valence-corrected chi connectivity index (χ1v) is 7.18.